The van der Waals surface area contributed by atoms with E-state index >= 15 is 0 Å². The van der Waals surface area contributed by atoms with Gasteiger partial charge in [0.2, 0.25) is 0 Å². The standard InChI is InChI=1S/C15H22N4O2/c1-3-12-10-14(21-19-12)11-18-15(16-4-2)17-8-7-13-6-5-9-20-13/h5-6,9-10H,3-4,7-8,11H2,1-2H3,(H2,16,17,18). The van der Waals surface area contributed by atoms with E-state index in [1.54, 1.807) is 6.26 Å². The number of rotatable bonds is 7. The molecule has 0 aliphatic carbocycles. The smallest absolute Gasteiger partial charge is 0.191 e. The maximum atomic E-state index is 5.30. The maximum absolute atomic E-state index is 5.30. The summed E-state index contributed by atoms with van der Waals surface area (Å²) in [5.74, 6) is 2.50. The molecule has 6 nitrogen and oxygen atoms in total. The second-order valence-electron chi connectivity index (χ2n) is 4.59. The molecular formula is C15H22N4O2. The fourth-order valence-electron chi connectivity index (χ4n) is 1.85. The number of aryl methyl sites for hydroxylation is 1. The topological polar surface area (TPSA) is 75.6 Å². The molecule has 2 N–H and O–H groups in total. The zero-order valence-electron chi connectivity index (χ0n) is 12.6. The SMILES string of the molecule is CCNC(=NCc1cc(CC)no1)NCCc1ccco1. The molecule has 6 heteroatoms. The molecule has 0 amide bonds. The molecule has 0 spiro atoms. The van der Waals surface area contributed by atoms with Gasteiger partial charge < -0.3 is 19.6 Å². The molecule has 21 heavy (non-hydrogen) atoms. The Kier molecular flexibility index (Phi) is 5.87. The van der Waals surface area contributed by atoms with E-state index in [1.807, 2.05) is 32.0 Å². The van der Waals surface area contributed by atoms with E-state index in [9.17, 15) is 0 Å². The summed E-state index contributed by atoms with van der Waals surface area (Å²) in [5.41, 5.74) is 0.955. The Bertz CT molecular complexity index is 546. The normalized spacial score (nSPS) is 11.6. The molecule has 2 aromatic rings. The Labute approximate surface area is 124 Å². The van der Waals surface area contributed by atoms with Crippen molar-refractivity contribution in [3.8, 4) is 0 Å². The third kappa shape index (κ3) is 4.98. The maximum Gasteiger partial charge on any atom is 0.191 e. The zero-order valence-corrected chi connectivity index (χ0v) is 12.6. The van der Waals surface area contributed by atoms with Crippen molar-refractivity contribution in [1.29, 1.82) is 0 Å². The van der Waals surface area contributed by atoms with E-state index in [1.165, 1.54) is 0 Å². The van der Waals surface area contributed by atoms with Gasteiger partial charge in [0.15, 0.2) is 11.7 Å². The summed E-state index contributed by atoms with van der Waals surface area (Å²) in [5, 5.41) is 10.4. The summed E-state index contributed by atoms with van der Waals surface area (Å²) in [4.78, 5) is 4.48. The lowest BCUT2D eigenvalue weighted by atomic mass is 10.3. The Balaban J connectivity index is 1.83. The van der Waals surface area contributed by atoms with Crippen molar-refractivity contribution < 1.29 is 8.94 Å². The summed E-state index contributed by atoms with van der Waals surface area (Å²) in [6.45, 7) is 6.13. The van der Waals surface area contributed by atoms with Crippen LogP contribution in [-0.4, -0.2) is 24.2 Å². The van der Waals surface area contributed by atoms with Crippen LogP contribution >= 0.6 is 0 Å². The van der Waals surface area contributed by atoms with Gasteiger partial charge in [0.1, 0.15) is 12.3 Å². The third-order valence-electron chi connectivity index (χ3n) is 2.95. The molecule has 0 saturated heterocycles. The minimum absolute atomic E-state index is 0.475. The Morgan fingerprint density at radius 3 is 2.86 bits per heavy atom. The van der Waals surface area contributed by atoms with E-state index in [-0.39, 0.29) is 0 Å². The van der Waals surface area contributed by atoms with E-state index < -0.39 is 0 Å². The number of hydrogen-bond acceptors (Lipinski definition) is 4. The van der Waals surface area contributed by atoms with Gasteiger partial charge in [0.05, 0.1) is 12.0 Å². The molecule has 0 aromatic carbocycles. The fraction of sp³-hybridized carbons (Fsp3) is 0.467. The second kappa shape index (κ2) is 8.14. The van der Waals surface area contributed by atoms with E-state index in [2.05, 4.69) is 20.8 Å². The second-order valence-corrected chi connectivity index (χ2v) is 4.59. The minimum Gasteiger partial charge on any atom is -0.469 e. The number of hydrogen-bond donors (Lipinski definition) is 2. The lowest BCUT2D eigenvalue weighted by molar-refractivity contribution is 0.379. The molecule has 0 saturated carbocycles. The summed E-state index contributed by atoms with van der Waals surface area (Å²) in [7, 11) is 0. The van der Waals surface area contributed by atoms with Gasteiger partial charge in [-0.3, -0.25) is 0 Å². The minimum atomic E-state index is 0.475. The molecule has 0 fully saturated rings. The molecule has 0 atom stereocenters. The Hall–Kier alpha value is -2.24. The van der Waals surface area contributed by atoms with Crippen molar-refractivity contribution in [2.75, 3.05) is 13.1 Å². The predicted molar refractivity (Wildman–Crippen MR) is 81.1 cm³/mol. The van der Waals surface area contributed by atoms with Crippen molar-refractivity contribution in [3.63, 3.8) is 0 Å². The number of nitrogens with one attached hydrogen (secondary N) is 2. The number of nitrogens with zero attached hydrogens (tertiary/aromatic N) is 2. The van der Waals surface area contributed by atoms with Crippen LogP contribution < -0.4 is 10.6 Å². The molecule has 0 aliphatic rings. The van der Waals surface area contributed by atoms with Crippen molar-refractivity contribution in [2.45, 2.75) is 33.2 Å². The van der Waals surface area contributed by atoms with Crippen molar-refractivity contribution in [3.05, 3.63) is 41.7 Å². The molecule has 0 bridgehead atoms. The van der Waals surface area contributed by atoms with Gasteiger partial charge in [-0.25, -0.2) is 4.99 Å². The molecule has 0 radical (unpaired) electrons. The van der Waals surface area contributed by atoms with Crippen LogP contribution in [0.25, 0.3) is 0 Å². The summed E-state index contributed by atoms with van der Waals surface area (Å²) < 4.78 is 10.5. The van der Waals surface area contributed by atoms with Crippen LogP contribution in [-0.2, 0) is 19.4 Å². The highest BCUT2D eigenvalue weighted by atomic mass is 16.5. The highest BCUT2D eigenvalue weighted by Crippen LogP contribution is 2.05. The molecule has 114 valence electrons. The first kappa shape index (κ1) is 15.2. The third-order valence-corrected chi connectivity index (χ3v) is 2.95. The van der Waals surface area contributed by atoms with Crippen molar-refractivity contribution in [2.24, 2.45) is 4.99 Å². The number of aliphatic imine (C=N–C) groups is 1. The molecule has 0 aliphatic heterocycles. The van der Waals surface area contributed by atoms with Gasteiger partial charge >= 0.3 is 0 Å². The van der Waals surface area contributed by atoms with Crippen LogP contribution in [0.5, 0.6) is 0 Å². The average molecular weight is 290 g/mol. The summed E-state index contributed by atoms with van der Waals surface area (Å²) in [6.07, 6.45) is 3.37. The lowest BCUT2D eigenvalue weighted by Gasteiger charge is -2.09. The number of guanidine groups is 1. The first-order valence-corrected chi connectivity index (χ1v) is 7.30. The summed E-state index contributed by atoms with van der Waals surface area (Å²) >= 11 is 0. The molecule has 2 rings (SSSR count). The van der Waals surface area contributed by atoms with Gasteiger partial charge in [0, 0.05) is 25.6 Å². The molecule has 2 heterocycles. The van der Waals surface area contributed by atoms with E-state index in [0.717, 1.165) is 49.1 Å². The predicted octanol–water partition coefficient (Wildman–Crippen LogP) is 2.13. The molecule has 2 aromatic heterocycles. The van der Waals surface area contributed by atoms with Crippen LogP contribution in [0.15, 0.2) is 38.4 Å². The first-order chi connectivity index (χ1) is 10.3. The number of furan rings is 1. The molecule has 0 unspecified atom stereocenters. The van der Waals surface area contributed by atoms with E-state index in [4.69, 9.17) is 8.94 Å². The zero-order chi connectivity index (χ0) is 14.9. The molecular weight excluding hydrogens is 268 g/mol. The summed E-state index contributed by atoms with van der Waals surface area (Å²) in [6, 6.07) is 5.80. The van der Waals surface area contributed by atoms with Crippen LogP contribution in [0.2, 0.25) is 0 Å². The highest BCUT2D eigenvalue weighted by Gasteiger charge is 2.03. The van der Waals surface area contributed by atoms with Crippen LogP contribution in [0.1, 0.15) is 31.1 Å². The van der Waals surface area contributed by atoms with Crippen LogP contribution in [0.4, 0.5) is 0 Å². The Morgan fingerprint density at radius 1 is 1.29 bits per heavy atom. The van der Waals surface area contributed by atoms with Crippen molar-refractivity contribution >= 4 is 5.96 Å². The van der Waals surface area contributed by atoms with Gasteiger partial charge in [-0.1, -0.05) is 12.1 Å². The largest absolute Gasteiger partial charge is 0.469 e. The van der Waals surface area contributed by atoms with Crippen LogP contribution in [0.3, 0.4) is 0 Å². The van der Waals surface area contributed by atoms with Gasteiger partial charge in [-0.15, -0.1) is 0 Å². The number of aromatic nitrogens is 1. The van der Waals surface area contributed by atoms with Gasteiger partial charge in [-0.05, 0) is 25.5 Å². The van der Waals surface area contributed by atoms with Gasteiger partial charge in [0.25, 0.3) is 0 Å². The van der Waals surface area contributed by atoms with Gasteiger partial charge in [-0.2, -0.15) is 0 Å². The Morgan fingerprint density at radius 2 is 2.19 bits per heavy atom. The monoisotopic (exact) mass is 290 g/mol. The van der Waals surface area contributed by atoms with E-state index in [0.29, 0.717) is 6.54 Å². The van der Waals surface area contributed by atoms with Crippen molar-refractivity contribution in [1.82, 2.24) is 15.8 Å². The highest BCUT2D eigenvalue weighted by molar-refractivity contribution is 5.79. The lowest BCUT2D eigenvalue weighted by Crippen LogP contribution is -2.38. The fourth-order valence-corrected chi connectivity index (χ4v) is 1.85. The average Bonchev–Trinajstić information content (AvgIpc) is 3.16. The quantitative estimate of drug-likeness (QED) is 0.603. The van der Waals surface area contributed by atoms with Crippen LogP contribution in [0, 0.1) is 0 Å². The first-order valence-electron chi connectivity index (χ1n) is 7.30.